The topological polar surface area (TPSA) is 50.6 Å². The van der Waals surface area contributed by atoms with Crippen molar-refractivity contribution in [3.05, 3.63) is 47.7 Å². The Labute approximate surface area is 120 Å². The lowest BCUT2D eigenvalue weighted by Crippen LogP contribution is -2.07. The summed E-state index contributed by atoms with van der Waals surface area (Å²) in [7, 11) is 3.52. The quantitative estimate of drug-likeness (QED) is 0.628. The summed E-state index contributed by atoms with van der Waals surface area (Å²) in [6.45, 7) is 0.156. The molecule has 5 nitrogen and oxygen atoms in total. The Kier molecular flexibility index (Phi) is 4.76. The van der Waals surface area contributed by atoms with E-state index in [9.17, 15) is 8.78 Å². The fraction of sp³-hybridized carbons (Fsp3) is 0.214. The van der Waals surface area contributed by atoms with E-state index in [-0.39, 0.29) is 24.3 Å². The molecule has 21 heavy (non-hydrogen) atoms. The Bertz CT molecular complexity index is 629. The maximum atomic E-state index is 13.5. The molecule has 2 rings (SSSR count). The van der Waals surface area contributed by atoms with Crippen molar-refractivity contribution in [1.82, 2.24) is 14.9 Å². The molecule has 1 aromatic carbocycles. The van der Waals surface area contributed by atoms with E-state index in [1.165, 1.54) is 18.5 Å². The highest BCUT2D eigenvalue weighted by atomic mass is 19.1. The van der Waals surface area contributed by atoms with Gasteiger partial charge in [0.25, 0.3) is 0 Å². The zero-order valence-electron chi connectivity index (χ0n) is 11.6. The van der Waals surface area contributed by atoms with Crippen molar-refractivity contribution in [3.8, 4) is 6.01 Å². The average molecular weight is 292 g/mol. The summed E-state index contributed by atoms with van der Waals surface area (Å²) < 4.78 is 31.6. The van der Waals surface area contributed by atoms with E-state index >= 15 is 0 Å². The number of benzene rings is 1. The Morgan fingerprint density at radius 2 is 1.95 bits per heavy atom. The normalized spacial score (nSPS) is 10.9. The minimum absolute atomic E-state index is 0.00614. The van der Waals surface area contributed by atoms with Crippen molar-refractivity contribution in [2.75, 3.05) is 14.1 Å². The van der Waals surface area contributed by atoms with Gasteiger partial charge in [-0.2, -0.15) is 4.98 Å². The molecular weight excluding hydrogens is 278 g/mol. The van der Waals surface area contributed by atoms with Crippen LogP contribution in [0.4, 0.5) is 14.6 Å². The summed E-state index contributed by atoms with van der Waals surface area (Å²) in [5, 5.41) is 0. The first kappa shape index (κ1) is 14.8. The number of rotatable bonds is 5. The van der Waals surface area contributed by atoms with Crippen LogP contribution in [0.25, 0.3) is 0 Å². The van der Waals surface area contributed by atoms with Crippen LogP contribution in [0.5, 0.6) is 6.01 Å². The molecular formula is C14H14F2N4O. The van der Waals surface area contributed by atoms with Crippen LogP contribution < -0.4 is 4.74 Å². The molecule has 1 heterocycles. The summed E-state index contributed by atoms with van der Waals surface area (Å²) in [4.78, 5) is 13.1. The molecule has 0 saturated heterocycles. The summed E-state index contributed by atoms with van der Waals surface area (Å²) in [6.07, 6.45) is 2.42. The highest BCUT2D eigenvalue weighted by molar-refractivity contribution is 5.59. The van der Waals surface area contributed by atoms with Crippen LogP contribution in [0.3, 0.4) is 0 Å². The van der Waals surface area contributed by atoms with Gasteiger partial charge >= 0.3 is 6.01 Å². The van der Waals surface area contributed by atoms with Crippen LogP contribution >= 0.6 is 0 Å². The predicted molar refractivity (Wildman–Crippen MR) is 74.6 cm³/mol. The maximum absolute atomic E-state index is 13.5. The molecule has 1 aromatic heterocycles. The number of aromatic nitrogens is 2. The van der Waals surface area contributed by atoms with Gasteiger partial charge < -0.3 is 9.64 Å². The number of halogens is 2. The first-order valence-corrected chi connectivity index (χ1v) is 6.15. The molecule has 0 N–H and O–H groups in total. The van der Waals surface area contributed by atoms with Gasteiger partial charge in [0.05, 0.1) is 12.5 Å². The average Bonchev–Trinajstić information content (AvgIpc) is 2.46. The summed E-state index contributed by atoms with van der Waals surface area (Å²) >= 11 is 0. The third-order valence-electron chi connectivity index (χ3n) is 2.40. The van der Waals surface area contributed by atoms with Crippen molar-refractivity contribution in [2.24, 2.45) is 4.99 Å². The molecule has 0 unspecified atom stereocenters. The highest BCUT2D eigenvalue weighted by Crippen LogP contribution is 2.17. The molecule has 0 radical (unpaired) electrons. The summed E-state index contributed by atoms with van der Waals surface area (Å²) in [5.74, 6) is -1.06. The highest BCUT2D eigenvalue weighted by Gasteiger charge is 2.07. The second-order valence-electron chi connectivity index (χ2n) is 4.45. The molecule has 0 amide bonds. The van der Waals surface area contributed by atoms with E-state index in [4.69, 9.17) is 4.74 Å². The van der Waals surface area contributed by atoms with E-state index in [1.54, 1.807) is 31.1 Å². The third kappa shape index (κ3) is 4.48. The van der Waals surface area contributed by atoms with E-state index in [2.05, 4.69) is 15.0 Å². The number of aliphatic imine (C=N–C) groups is 1. The fourth-order valence-electron chi connectivity index (χ4n) is 1.40. The lowest BCUT2D eigenvalue weighted by molar-refractivity contribution is 0.279. The van der Waals surface area contributed by atoms with Gasteiger partial charge in [-0.25, -0.2) is 18.8 Å². The lowest BCUT2D eigenvalue weighted by atomic mass is 10.2. The number of ether oxygens (including phenoxy) is 1. The van der Waals surface area contributed by atoms with Crippen LogP contribution in [-0.2, 0) is 6.61 Å². The standard InChI is InChI=1S/C14H14F2N4O/c1-20(2)9-18-13-12(16)7-17-14(19-13)21-8-10-3-5-11(15)6-4-10/h3-7,9H,8H2,1-2H3/b18-9+. The van der Waals surface area contributed by atoms with Crippen LogP contribution in [0.15, 0.2) is 35.5 Å². The van der Waals surface area contributed by atoms with Crippen LogP contribution in [0.1, 0.15) is 5.56 Å². The van der Waals surface area contributed by atoms with Crippen LogP contribution in [-0.4, -0.2) is 35.3 Å². The molecule has 0 saturated carbocycles. The van der Waals surface area contributed by atoms with Crippen LogP contribution in [0.2, 0.25) is 0 Å². The summed E-state index contributed by atoms with van der Waals surface area (Å²) in [6, 6.07) is 5.84. The fourth-order valence-corrected chi connectivity index (χ4v) is 1.40. The second kappa shape index (κ2) is 6.74. The SMILES string of the molecule is CN(C)/C=N/c1nc(OCc2ccc(F)cc2)ncc1F. The van der Waals surface area contributed by atoms with Crippen molar-refractivity contribution in [3.63, 3.8) is 0 Å². The lowest BCUT2D eigenvalue weighted by Gasteiger charge is -2.06. The third-order valence-corrected chi connectivity index (χ3v) is 2.40. The smallest absolute Gasteiger partial charge is 0.318 e. The zero-order chi connectivity index (χ0) is 15.2. The van der Waals surface area contributed by atoms with Gasteiger partial charge in [0, 0.05) is 14.1 Å². The van der Waals surface area contributed by atoms with Gasteiger partial charge in [0.1, 0.15) is 12.4 Å². The Balaban J connectivity index is 2.06. The van der Waals surface area contributed by atoms with Crippen LogP contribution in [0, 0.1) is 11.6 Å². The Morgan fingerprint density at radius 3 is 2.62 bits per heavy atom. The number of nitrogens with zero attached hydrogens (tertiary/aromatic N) is 4. The molecule has 0 bridgehead atoms. The van der Waals surface area contributed by atoms with Crippen molar-refractivity contribution in [2.45, 2.75) is 6.61 Å². The van der Waals surface area contributed by atoms with E-state index in [1.807, 2.05) is 0 Å². The van der Waals surface area contributed by atoms with E-state index < -0.39 is 5.82 Å². The molecule has 0 aliphatic rings. The van der Waals surface area contributed by atoms with Gasteiger partial charge in [0.15, 0.2) is 11.6 Å². The van der Waals surface area contributed by atoms with Gasteiger partial charge in [-0.15, -0.1) is 0 Å². The Morgan fingerprint density at radius 1 is 1.24 bits per heavy atom. The van der Waals surface area contributed by atoms with E-state index in [0.717, 1.165) is 11.8 Å². The first-order chi connectivity index (χ1) is 10.0. The number of hydrogen-bond donors (Lipinski definition) is 0. The van der Waals surface area contributed by atoms with Crippen molar-refractivity contribution >= 4 is 12.2 Å². The largest absolute Gasteiger partial charge is 0.459 e. The van der Waals surface area contributed by atoms with Gasteiger partial charge in [-0.05, 0) is 17.7 Å². The predicted octanol–water partition coefficient (Wildman–Crippen LogP) is 2.56. The molecule has 0 fully saturated rings. The molecule has 2 aromatic rings. The molecule has 0 atom stereocenters. The molecule has 0 aliphatic carbocycles. The van der Waals surface area contributed by atoms with Crippen molar-refractivity contribution < 1.29 is 13.5 Å². The second-order valence-corrected chi connectivity index (χ2v) is 4.45. The monoisotopic (exact) mass is 292 g/mol. The van der Waals surface area contributed by atoms with E-state index in [0.29, 0.717) is 0 Å². The zero-order valence-corrected chi connectivity index (χ0v) is 11.6. The molecule has 0 spiro atoms. The first-order valence-electron chi connectivity index (χ1n) is 6.15. The molecule has 7 heteroatoms. The minimum atomic E-state index is -0.637. The van der Waals surface area contributed by atoms with Gasteiger partial charge in [0.2, 0.25) is 0 Å². The molecule has 110 valence electrons. The van der Waals surface area contributed by atoms with Gasteiger partial charge in [-0.1, -0.05) is 12.1 Å². The Hall–Kier alpha value is -2.57. The number of hydrogen-bond acceptors (Lipinski definition) is 4. The van der Waals surface area contributed by atoms with Gasteiger partial charge in [-0.3, -0.25) is 0 Å². The summed E-state index contributed by atoms with van der Waals surface area (Å²) in [5.41, 5.74) is 0.752. The molecule has 0 aliphatic heterocycles. The maximum Gasteiger partial charge on any atom is 0.318 e. The van der Waals surface area contributed by atoms with Crippen molar-refractivity contribution in [1.29, 1.82) is 0 Å². The minimum Gasteiger partial charge on any atom is -0.459 e.